The van der Waals surface area contributed by atoms with Crippen LogP contribution in [0.4, 0.5) is 0 Å². The Bertz CT molecular complexity index is 522. The molecule has 0 saturated heterocycles. The summed E-state index contributed by atoms with van der Waals surface area (Å²) in [5.74, 6) is 3.86. The third-order valence-corrected chi connectivity index (χ3v) is 2.09. The van der Waals surface area contributed by atoms with Crippen molar-refractivity contribution in [2.45, 2.75) is 6.92 Å². The lowest BCUT2D eigenvalue weighted by molar-refractivity contribution is -0.136. The molecule has 0 spiro atoms. The summed E-state index contributed by atoms with van der Waals surface area (Å²) >= 11 is 0. The van der Waals surface area contributed by atoms with Crippen molar-refractivity contribution in [3.63, 3.8) is 0 Å². The second kappa shape index (κ2) is 6.30. The summed E-state index contributed by atoms with van der Waals surface area (Å²) in [6, 6.07) is 2.94. The average Bonchev–Trinajstić information content (AvgIpc) is 2.36. The van der Waals surface area contributed by atoms with Gasteiger partial charge in [0.25, 0.3) is 0 Å². The van der Waals surface area contributed by atoms with Crippen molar-refractivity contribution in [1.29, 1.82) is 0 Å². The summed E-state index contributed by atoms with van der Waals surface area (Å²) in [6.07, 6.45) is 0.451. The highest BCUT2D eigenvalue weighted by Crippen LogP contribution is 2.30. The van der Waals surface area contributed by atoms with E-state index >= 15 is 0 Å². The molecule has 0 aliphatic rings. The van der Waals surface area contributed by atoms with Gasteiger partial charge in [-0.3, -0.25) is 4.79 Å². The molecule has 0 aliphatic heterocycles. The van der Waals surface area contributed by atoms with E-state index in [1.165, 1.54) is 19.2 Å². The van der Waals surface area contributed by atoms with Gasteiger partial charge in [0.2, 0.25) is 0 Å². The highest BCUT2D eigenvalue weighted by Gasteiger charge is 2.11. The lowest BCUT2D eigenvalue weighted by Gasteiger charge is -2.06. The fourth-order valence-corrected chi connectivity index (χ4v) is 1.27. The van der Waals surface area contributed by atoms with Crippen LogP contribution in [0.5, 0.6) is 11.5 Å². The van der Waals surface area contributed by atoms with E-state index in [0.717, 1.165) is 0 Å². The SMILES string of the molecule is CCOC(=O)C#Cc1ccc(OC)c(O)c1C=O. The van der Waals surface area contributed by atoms with Gasteiger partial charge >= 0.3 is 5.97 Å². The number of aldehydes is 1. The Balaban J connectivity index is 3.14. The number of aromatic hydroxyl groups is 1. The molecule has 0 bridgehead atoms. The number of esters is 1. The van der Waals surface area contributed by atoms with Crippen LogP contribution < -0.4 is 4.74 Å². The third-order valence-electron chi connectivity index (χ3n) is 2.09. The molecule has 94 valence electrons. The predicted octanol–water partition coefficient (Wildman–Crippen LogP) is 1.13. The van der Waals surface area contributed by atoms with Crippen molar-refractivity contribution in [3.8, 4) is 23.3 Å². The Morgan fingerprint density at radius 2 is 2.22 bits per heavy atom. The second-order valence-electron chi connectivity index (χ2n) is 3.17. The Morgan fingerprint density at radius 1 is 1.50 bits per heavy atom. The van der Waals surface area contributed by atoms with E-state index in [4.69, 9.17) is 4.74 Å². The highest BCUT2D eigenvalue weighted by molar-refractivity contribution is 5.91. The molecule has 1 N–H and O–H groups in total. The van der Waals surface area contributed by atoms with Crippen LogP contribution >= 0.6 is 0 Å². The van der Waals surface area contributed by atoms with E-state index in [0.29, 0.717) is 6.29 Å². The molecule has 18 heavy (non-hydrogen) atoms. The van der Waals surface area contributed by atoms with E-state index in [2.05, 4.69) is 16.6 Å². The van der Waals surface area contributed by atoms with Gasteiger partial charge in [-0.05, 0) is 19.1 Å². The monoisotopic (exact) mass is 248 g/mol. The maximum atomic E-state index is 11.1. The van der Waals surface area contributed by atoms with Crippen molar-refractivity contribution in [2.75, 3.05) is 13.7 Å². The molecule has 1 aromatic rings. The molecule has 5 nitrogen and oxygen atoms in total. The highest BCUT2D eigenvalue weighted by atomic mass is 16.5. The van der Waals surface area contributed by atoms with Crippen LogP contribution in [0.25, 0.3) is 0 Å². The summed E-state index contributed by atoms with van der Waals surface area (Å²) in [5, 5.41) is 9.70. The number of phenolic OH excluding ortho intramolecular Hbond substituents is 1. The first-order chi connectivity index (χ1) is 8.63. The summed E-state index contributed by atoms with van der Waals surface area (Å²) in [7, 11) is 1.37. The van der Waals surface area contributed by atoms with Crippen molar-refractivity contribution in [3.05, 3.63) is 23.3 Å². The first kappa shape index (κ1) is 13.6. The van der Waals surface area contributed by atoms with Crippen LogP contribution in [0.15, 0.2) is 12.1 Å². The molecule has 0 radical (unpaired) electrons. The van der Waals surface area contributed by atoms with Gasteiger partial charge in [0.15, 0.2) is 17.8 Å². The van der Waals surface area contributed by atoms with E-state index < -0.39 is 5.97 Å². The standard InChI is InChI=1S/C13H12O5/c1-3-18-12(15)7-5-9-4-6-11(17-2)13(16)10(9)8-14/h4,6,8,16H,3H2,1-2H3. The van der Waals surface area contributed by atoms with Crippen molar-refractivity contribution in [1.82, 2.24) is 0 Å². The zero-order chi connectivity index (χ0) is 13.5. The van der Waals surface area contributed by atoms with Gasteiger partial charge in [-0.2, -0.15) is 0 Å². The Kier molecular flexibility index (Phi) is 4.76. The van der Waals surface area contributed by atoms with Crippen LogP contribution in [0.2, 0.25) is 0 Å². The minimum atomic E-state index is -0.690. The van der Waals surface area contributed by atoms with Crippen LogP contribution in [0, 0.1) is 11.8 Å². The molecule has 0 atom stereocenters. The van der Waals surface area contributed by atoms with Gasteiger partial charge in [-0.25, -0.2) is 4.79 Å². The topological polar surface area (TPSA) is 72.8 Å². The third kappa shape index (κ3) is 3.01. The first-order valence-electron chi connectivity index (χ1n) is 5.18. The molecule has 0 aromatic heterocycles. The number of carbonyl (C=O) groups is 2. The van der Waals surface area contributed by atoms with Crippen LogP contribution in [-0.4, -0.2) is 31.1 Å². The molecule has 1 rings (SSSR count). The minimum Gasteiger partial charge on any atom is -0.504 e. The Hall–Kier alpha value is -2.48. The number of hydrogen-bond acceptors (Lipinski definition) is 5. The zero-order valence-electron chi connectivity index (χ0n) is 10.0. The van der Waals surface area contributed by atoms with Gasteiger partial charge in [-0.15, -0.1) is 0 Å². The fourth-order valence-electron chi connectivity index (χ4n) is 1.27. The summed E-state index contributed by atoms with van der Waals surface area (Å²) in [6.45, 7) is 1.89. The molecule has 0 saturated carbocycles. The molecular weight excluding hydrogens is 236 g/mol. The normalized spacial score (nSPS) is 9.00. The summed E-state index contributed by atoms with van der Waals surface area (Å²) < 4.78 is 9.48. The van der Waals surface area contributed by atoms with Gasteiger partial charge in [0, 0.05) is 11.5 Å². The molecule has 0 heterocycles. The van der Waals surface area contributed by atoms with E-state index in [1.54, 1.807) is 6.92 Å². The number of carbonyl (C=O) groups excluding carboxylic acids is 2. The van der Waals surface area contributed by atoms with E-state index in [-0.39, 0.29) is 29.2 Å². The van der Waals surface area contributed by atoms with Crippen molar-refractivity contribution in [2.24, 2.45) is 0 Å². The van der Waals surface area contributed by atoms with Crippen LogP contribution in [0.3, 0.4) is 0 Å². The smallest absolute Gasteiger partial charge is 0.384 e. The number of phenols is 1. The number of ether oxygens (including phenoxy) is 2. The number of hydrogen-bond donors (Lipinski definition) is 1. The van der Waals surface area contributed by atoms with Gasteiger partial charge in [-0.1, -0.05) is 5.92 Å². The molecule has 1 aromatic carbocycles. The molecular formula is C13H12O5. The molecule has 0 aliphatic carbocycles. The Labute approximate surface area is 104 Å². The summed E-state index contributed by atoms with van der Waals surface area (Å²) in [4.78, 5) is 21.9. The van der Waals surface area contributed by atoms with E-state index in [9.17, 15) is 14.7 Å². The minimum absolute atomic E-state index is 0.0221. The zero-order valence-corrected chi connectivity index (χ0v) is 10.0. The fraction of sp³-hybridized carbons (Fsp3) is 0.231. The van der Waals surface area contributed by atoms with Gasteiger partial charge in [0.05, 0.1) is 19.3 Å². The molecule has 0 amide bonds. The molecule has 5 heteroatoms. The quantitative estimate of drug-likeness (QED) is 0.493. The largest absolute Gasteiger partial charge is 0.504 e. The number of methoxy groups -OCH3 is 1. The van der Waals surface area contributed by atoms with Gasteiger partial charge in [0.1, 0.15) is 0 Å². The Morgan fingerprint density at radius 3 is 2.78 bits per heavy atom. The molecule has 0 unspecified atom stereocenters. The lowest BCUT2D eigenvalue weighted by Crippen LogP contribution is -2.00. The van der Waals surface area contributed by atoms with E-state index in [1.807, 2.05) is 0 Å². The van der Waals surface area contributed by atoms with Crippen molar-refractivity contribution < 1.29 is 24.2 Å². The average molecular weight is 248 g/mol. The molecule has 0 fully saturated rings. The predicted molar refractivity (Wildman–Crippen MR) is 63.6 cm³/mol. The first-order valence-corrected chi connectivity index (χ1v) is 5.18. The second-order valence-corrected chi connectivity index (χ2v) is 3.17. The maximum absolute atomic E-state index is 11.1. The van der Waals surface area contributed by atoms with Crippen molar-refractivity contribution >= 4 is 12.3 Å². The maximum Gasteiger partial charge on any atom is 0.384 e. The number of benzene rings is 1. The number of rotatable bonds is 3. The van der Waals surface area contributed by atoms with Crippen LogP contribution in [0.1, 0.15) is 22.8 Å². The van der Waals surface area contributed by atoms with Gasteiger partial charge < -0.3 is 14.6 Å². The lowest BCUT2D eigenvalue weighted by atomic mass is 10.1. The summed E-state index contributed by atoms with van der Waals surface area (Å²) in [5.41, 5.74) is 0.211. The van der Waals surface area contributed by atoms with Crippen LogP contribution in [-0.2, 0) is 9.53 Å².